The van der Waals surface area contributed by atoms with Gasteiger partial charge in [0.1, 0.15) is 12.4 Å². The molecule has 2 aromatic rings. The summed E-state index contributed by atoms with van der Waals surface area (Å²) in [4.78, 5) is 25.0. The van der Waals surface area contributed by atoms with Crippen LogP contribution in [-0.4, -0.2) is 52.2 Å². The van der Waals surface area contributed by atoms with Gasteiger partial charge in [-0.2, -0.15) is 0 Å². The van der Waals surface area contributed by atoms with Crippen LogP contribution in [0.25, 0.3) is 0 Å². The quantitative estimate of drug-likeness (QED) is 0.660. The topological polar surface area (TPSA) is 99.1 Å². The molecule has 2 fully saturated rings. The van der Waals surface area contributed by atoms with E-state index in [1.165, 1.54) is 12.0 Å². The summed E-state index contributed by atoms with van der Waals surface area (Å²) in [5.41, 5.74) is 2.67. The maximum Gasteiger partial charge on any atom is 0.300 e. The van der Waals surface area contributed by atoms with Crippen molar-refractivity contribution in [1.82, 2.24) is 10.2 Å². The summed E-state index contributed by atoms with van der Waals surface area (Å²) in [7, 11) is 0. The molecule has 5 rings (SSSR count). The first-order valence-electron chi connectivity index (χ1n) is 11.6. The standard InChI is InChI=1S/C24H28N2O3.C2H4O2/c27-16-18-6-8-21-19(12-18)15-26(10-11-29-21)23(28)24(13-17-4-2-1-3-5-17)14-20-7-9-22(24)25-20;1-2(3)4/h1-6,8,12,20,22,25,27H,7,9-11,13-16H2;1H3,(H,3,4)/t20-,22+,24+;/m0./s1. The maximum atomic E-state index is 14.0. The Kier molecular flexibility index (Phi) is 7.00. The lowest BCUT2D eigenvalue weighted by Crippen LogP contribution is -2.51. The third-order valence-corrected chi connectivity index (χ3v) is 6.88. The van der Waals surface area contributed by atoms with Gasteiger partial charge in [-0.3, -0.25) is 9.59 Å². The Labute approximate surface area is 194 Å². The summed E-state index contributed by atoms with van der Waals surface area (Å²) in [6, 6.07) is 16.9. The first kappa shape index (κ1) is 23.3. The van der Waals surface area contributed by atoms with Crippen LogP contribution in [0.3, 0.4) is 0 Å². The predicted octanol–water partition coefficient (Wildman–Crippen LogP) is 2.74. The highest BCUT2D eigenvalue weighted by Gasteiger charge is 2.56. The van der Waals surface area contributed by atoms with E-state index in [0.29, 0.717) is 25.7 Å². The van der Waals surface area contributed by atoms with Gasteiger partial charge in [0.05, 0.1) is 18.6 Å². The first-order chi connectivity index (χ1) is 15.9. The summed E-state index contributed by atoms with van der Waals surface area (Å²) in [5.74, 6) is 0.229. The molecule has 0 aliphatic carbocycles. The number of benzene rings is 2. The van der Waals surface area contributed by atoms with E-state index in [1.54, 1.807) is 0 Å². The fourth-order valence-corrected chi connectivity index (χ4v) is 5.50. The molecular weight excluding hydrogens is 420 g/mol. The second-order valence-electron chi connectivity index (χ2n) is 9.21. The summed E-state index contributed by atoms with van der Waals surface area (Å²) >= 11 is 0. The molecule has 0 spiro atoms. The molecule has 0 unspecified atom stereocenters. The minimum Gasteiger partial charge on any atom is -0.491 e. The molecule has 0 aromatic heterocycles. The number of rotatable bonds is 4. The first-order valence-corrected chi connectivity index (χ1v) is 11.6. The Morgan fingerprint density at radius 3 is 2.55 bits per heavy atom. The number of hydrogen-bond acceptors (Lipinski definition) is 5. The largest absolute Gasteiger partial charge is 0.491 e. The molecule has 33 heavy (non-hydrogen) atoms. The Morgan fingerprint density at radius 1 is 1.15 bits per heavy atom. The van der Waals surface area contributed by atoms with Crippen molar-refractivity contribution in [2.75, 3.05) is 13.2 Å². The number of carbonyl (C=O) groups excluding carboxylic acids is 1. The third-order valence-electron chi connectivity index (χ3n) is 6.88. The van der Waals surface area contributed by atoms with Crippen LogP contribution in [0.15, 0.2) is 48.5 Å². The number of nitrogens with zero attached hydrogens (tertiary/aromatic N) is 1. The fraction of sp³-hybridized carbons (Fsp3) is 0.462. The average molecular weight is 453 g/mol. The summed E-state index contributed by atoms with van der Waals surface area (Å²) in [6.45, 7) is 2.71. The van der Waals surface area contributed by atoms with Gasteiger partial charge in [0.15, 0.2) is 0 Å². The normalized spacial score (nSPS) is 25.3. The highest BCUT2D eigenvalue weighted by molar-refractivity contribution is 5.85. The van der Waals surface area contributed by atoms with E-state index in [4.69, 9.17) is 14.6 Å². The number of fused-ring (bicyclic) bond motifs is 3. The van der Waals surface area contributed by atoms with Crippen molar-refractivity contribution >= 4 is 11.9 Å². The van der Waals surface area contributed by atoms with Crippen molar-refractivity contribution in [3.8, 4) is 5.75 Å². The Balaban J connectivity index is 0.000000601. The van der Waals surface area contributed by atoms with Crippen LogP contribution < -0.4 is 10.1 Å². The molecule has 2 saturated heterocycles. The zero-order chi connectivity index (χ0) is 23.4. The molecule has 3 heterocycles. The fourth-order valence-electron chi connectivity index (χ4n) is 5.50. The molecule has 3 aliphatic rings. The number of ether oxygens (including phenoxy) is 1. The number of carbonyl (C=O) groups is 2. The minimum atomic E-state index is -0.833. The minimum absolute atomic E-state index is 0.00710. The summed E-state index contributed by atoms with van der Waals surface area (Å²) in [6.07, 6.45) is 3.92. The van der Waals surface area contributed by atoms with Crippen molar-refractivity contribution in [3.63, 3.8) is 0 Å². The van der Waals surface area contributed by atoms with Gasteiger partial charge in [0.2, 0.25) is 5.91 Å². The molecule has 3 aliphatic heterocycles. The molecule has 7 heteroatoms. The molecule has 0 radical (unpaired) electrons. The van der Waals surface area contributed by atoms with E-state index in [2.05, 4.69) is 29.6 Å². The molecule has 176 valence electrons. The van der Waals surface area contributed by atoms with Crippen molar-refractivity contribution < 1.29 is 24.5 Å². The Hall–Kier alpha value is -2.90. The Bertz CT molecular complexity index is 991. The van der Waals surface area contributed by atoms with Gasteiger partial charge in [0, 0.05) is 31.1 Å². The molecule has 1 amide bonds. The number of hydrogen-bond donors (Lipinski definition) is 3. The summed E-state index contributed by atoms with van der Waals surface area (Å²) in [5, 5.41) is 20.6. The number of amides is 1. The number of carboxylic acid groups (broad SMARTS) is 1. The summed E-state index contributed by atoms with van der Waals surface area (Å²) < 4.78 is 5.91. The van der Waals surface area contributed by atoms with Gasteiger partial charge in [0.25, 0.3) is 5.97 Å². The molecule has 3 N–H and O–H groups in total. The predicted molar refractivity (Wildman–Crippen MR) is 124 cm³/mol. The van der Waals surface area contributed by atoms with Crippen molar-refractivity contribution in [3.05, 3.63) is 65.2 Å². The van der Waals surface area contributed by atoms with E-state index >= 15 is 0 Å². The molecule has 2 aromatic carbocycles. The average Bonchev–Trinajstić information content (AvgIpc) is 3.34. The van der Waals surface area contributed by atoms with Crippen molar-refractivity contribution in [1.29, 1.82) is 0 Å². The van der Waals surface area contributed by atoms with Crippen molar-refractivity contribution in [2.45, 2.75) is 57.8 Å². The van der Waals surface area contributed by atoms with Crippen molar-refractivity contribution in [2.24, 2.45) is 5.41 Å². The second-order valence-corrected chi connectivity index (χ2v) is 9.21. The lowest BCUT2D eigenvalue weighted by Gasteiger charge is -2.39. The lowest BCUT2D eigenvalue weighted by molar-refractivity contribution is -0.144. The molecular formula is C26H32N2O5. The van der Waals surface area contributed by atoms with Crippen LogP contribution in [0.4, 0.5) is 0 Å². The highest BCUT2D eigenvalue weighted by Crippen LogP contribution is 2.47. The van der Waals surface area contributed by atoms with Crippen LogP contribution in [0, 0.1) is 5.41 Å². The van der Waals surface area contributed by atoms with E-state index in [0.717, 1.165) is 43.1 Å². The number of carboxylic acids is 1. The third kappa shape index (κ3) is 5.04. The van der Waals surface area contributed by atoms with Gasteiger partial charge in [-0.1, -0.05) is 36.4 Å². The number of nitrogens with one attached hydrogen (secondary N) is 1. The number of aliphatic hydroxyl groups excluding tert-OH is 1. The smallest absolute Gasteiger partial charge is 0.300 e. The van der Waals surface area contributed by atoms with Crippen LogP contribution in [-0.2, 0) is 29.2 Å². The van der Waals surface area contributed by atoms with Crippen LogP contribution >= 0.6 is 0 Å². The Morgan fingerprint density at radius 2 is 1.91 bits per heavy atom. The van der Waals surface area contributed by atoms with E-state index in [-0.39, 0.29) is 24.0 Å². The van der Waals surface area contributed by atoms with E-state index in [9.17, 15) is 9.90 Å². The zero-order valence-electron chi connectivity index (χ0n) is 19.0. The lowest BCUT2D eigenvalue weighted by atomic mass is 9.69. The van der Waals surface area contributed by atoms with Gasteiger partial charge in [-0.25, -0.2) is 0 Å². The zero-order valence-corrected chi connectivity index (χ0v) is 19.0. The van der Waals surface area contributed by atoms with Crippen LogP contribution in [0.1, 0.15) is 42.9 Å². The second kappa shape index (κ2) is 9.93. The van der Waals surface area contributed by atoms with Crippen LogP contribution in [0.5, 0.6) is 5.75 Å². The van der Waals surface area contributed by atoms with Gasteiger partial charge in [-0.05, 0) is 48.9 Å². The van der Waals surface area contributed by atoms with Gasteiger partial charge >= 0.3 is 0 Å². The van der Waals surface area contributed by atoms with E-state index in [1.807, 2.05) is 29.2 Å². The van der Waals surface area contributed by atoms with E-state index < -0.39 is 5.97 Å². The SMILES string of the molecule is CC(=O)O.O=C(N1CCOc2ccc(CO)cc2C1)[C@]1(Cc2ccccc2)C[C@@H]2CC[C@H]1N2. The molecule has 3 atom stereocenters. The van der Waals surface area contributed by atoms with Gasteiger partial charge in [-0.15, -0.1) is 0 Å². The number of aliphatic hydroxyl groups is 1. The molecule has 7 nitrogen and oxygen atoms in total. The number of aliphatic carboxylic acids is 1. The molecule has 2 bridgehead atoms. The monoisotopic (exact) mass is 452 g/mol. The van der Waals surface area contributed by atoms with Gasteiger partial charge < -0.3 is 25.2 Å². The molecule has 0 saturated carbocycles. The maximum absolute atomic E-state index is 14.0. The highest BCUT2D eigenvalue weighted by atomic mass is 16.5. The van der Waals surface area contributed by atoms with Crippen LogP contribution in [0.2, 0.25) is 0 Å².